The molecule has 0 aliphatic rings. The molecule has 0 radical (unpaired) electrons. The van der Waals surface area contributed by atoms with Crippen LogP contribution in [-0.2, 0) is 4.79 Å². The van der Waals surface area contributed by atoms with Crippen LogP contribution >= 0.6 is 11.6 Å². The van der Waals surface area contributed by atoms with Crippen LogP contribution in [0.5, 0.6) is 0 Å². The molecule has 0 aliphatic carbocycles. The fourth-order valence-corrected chi connectivity index (χ4v) is 1.18. The Morgan fingerprint density at radius 1 is 1.77 bits per heavy atom. The fraction of sp³-hybridized carbons (Fsp3) is 0.250. The summed E-state index contributed by atoms with van der Waals surface area (Å²) in [5.74, 6) is -2.44. The molecule has 70 valence electrons. The van der Waals surface area contributed by atoms with E-state index in [1.807, 2.05) is 0 Å². The molecule has 3 nitrogen and oxygen atoms in total. The Morgan fingerprint density at radius 2 is 2.38 bits per heavy atom. The van der Waals surface area contributed by atoms with E-state index in [4.69, 9.17) is 16.7 Å². The van der Waals surface area contributed by atoms with Crippen molar-refractivity contribution in [2.45, 2.75) is 12.8 Å². The number of rotatable bonds is 2. The van der Waals surface area contributed by atoms with Crippen molar-refractivity contribution in [3.63, 3.8) is 0 Å². The largest absolute Gasteiger partial charge is 0.481 e. The van der Waals surface area contributed by atoms with Crippen LogP contribution in [0, 0.1) is 5.82 Å². The summed E-state index contributed by atoms with van der Waals surface area (Å²) in [6, 6.07) is 1.04. The first kappa shape index (κ1) is 9.92. The second-order valence-electron chi connectivity index (χ2n) is 2.58. The number of carbonyl (C=O) groups is 1. The highest BCUT2D eigenvalue weighted by Crippen LogP contribution is 2.22. The highest BCUT2D eigenvalue weighted by molar-refractivity contribution is 6.31. The van der Waals surface area contributed by atoms with Crippen molar-refractivity contribution < 1.29 is 14.3 Å². The lowest BCUT2D eigenvalue weighted by Gasteiger charge is -2.06. The molecule has 0 saturated carbocycles. The highest BCUT2D eigenvalue weighted by atomic mass is 35.5. The van der Waals surface area contributed by atoms with Crippen LogP contribution < -0.4 is 0 Å². The normalized spacial score (nSPS) is 12.5. The van der Waals surface area contributed by atoms with Gasteiger partial charge in [-0.1, -0.05) is 11.6 Å². The first-order chi connectivity index (χ1) is 6.02. The van der Waals surface area contributed by atoms with E-state index in [1.165, 1.54) is 6.92 Å². The van der Waals surface area contributed by atoms with Crippen LogP contribution in [-0.4, -0.2) is 16.1 Å². The van der Waals surface area contributed by atoms with Crippen LogP contribution in [0.2, 0.25) is 5.02 Å². The fourth-order valence-electron chi connectivity index (χ4n) is 0.861. The summed E-state index contributed by atoms with van der Waals surface area (Å²) in [4.78, 5) is 14.2. The van der Waals surface area contributed by atoms with Crippen LogP contribution in [0.25, 0.3) is 0 Å². The summed E-state index contributed by atoms with van der Waals surface area (Å²) >= 11 is 5.60. The van der Waals surface area contributed by atoms with E-state index in [0.29, 0.717) is 0 Å². The van der Waals surface area contributed by atoms with E-state index in [0.717, 1.165) is 12.3 Å². The van der Waals surface area contributed by atoms with E-state index in [9.17, 15) is 9.18 Å². The summed E-state index contributed by atoms with van der Waals surface area (Å²) in [7, 11) is 0. The SMILES string of the molecule is CC(C(=O)O)c1ncc(F)cc1Cl. The lowest BCUT2D eigenvalue weighted by atomic mass is 10.1. The maximum absolute atomic E-state index is 12.5. The van der Waals surface area contributed by atoms with Gasteiger partial charge in [0.15, 0.2) is 0 Å². The van der Waals surface area contributed by atoms with Crippen molar-refractivity contribution in [3.05, 3.63) is 28.8 Å². The van der Waals surface area contributed by atoms with Gasteiger partial charge in [0.25, 0.3) is 0 Å². The second-order valence-corrected chi connectivity index (χ2v) is 2.99. The molecule has 1 N–H and O–H groups in total. The molecule has 0 bridgehead atoms. The molecule has 0 fully saturated rings. The molecule has 1 aromatic heterocycles. The minimum atomic E-state index is -1.04. The maximum Gasteiger partial charge on any atom is 0.312 e. The number of halogens is 2. The molecule has 1 aromatic rings. The Morgan fingerprint density at radius 3 is 2.85 bits per heavy atom. The molecule has 0 aromatic carbocycles. The number of nitrogens with zero attached hydrogens (tertiary/aromatic N) is 1. The van der Waals surface area contributed by atoms with E-state index in [2.05, 4.69) is 4.98 Å². The standard InChI is InChI=1S/C8H7ClFNO2/c1-4(8(12)13)7-6(9)2-5(10)3-11-7/h2-4H,1H3,(H,12,13). The van der Waals surface area contributed by atoms with E-state index in [-0.39, 0.29) is 10.7 Å². The van der Waals surface area contributed by atoms with Crippen molar-refractivity contribution in [2.24, 2.45) is 0 Å². The van der Waals surface area contributed by atoms with Gasteiger partial charge >= 0.3 is 5.97 Å². The molecular weight excluding hydrogens is 197 g/mol. The summed E-state index contributed by atoms with van der Waals surface area (Å²) in [6.45, 7) is 1.44. The Hall–Kier alpha value is -1.16. The minimum Gasteiger partial charge on any atom is -0.481 e. The van der Waals surface area contributed by atoms with Gasteiger partial charge in [-0.15, -0.1) is 0 Å². The predicted octanol–water partition coefficient (Wildman–Crippen LogP) is 2.06. The topological polar surface area (TPSA) is 50.2 Å². The average Bonchev–Trinajstić information content (AvgIpc) is 2.03. The van der Waals surface area contributed by atoms with Gasteiger partial charge in [0.05, 0.1) is 22.8 Å². The molecule has 1 heterocycles. The van der Waals surface area contributed by atoms with Crippen molar-refractivity contribution in [3.8, 4) is 0 Å². The molecule has 0 aliphatic heterocycles. The quantitative estimate of drug-likeness (QED) is 0.801. The zero-order valence-electron chi connectivity index (χ0n) is 6.79. The molecule has 1 unspecified atom stereocenters. The average molecular weight is 204 g/mol. The van der Waals surface area contributed by atoms with Crippen LogP contribution in [0.4, 0.5) is 4.39 Å². The predicted molar refractivity (Wildman–Crippen MR) is 45.3 cm³/mol. The van der Waals surface area contributed by atoms with E-state index in [1.54, 1.807) is 0 Å². The second kappa shape index (κ2) is 3.70. The van der Waals surface area contributed by atoms with Crippen LogP contribution in [0.1, 0.15) is 18.5 Å². The molecule has 0 spiro atoms. The lowest BCUT2D eigenvalue weighted by Crippen LogP contribution is -2.09. The Balaban J connectivity index is 3.08. The smallest absolute Gasteiger partial charge is 0.312 e. The number of hydrogen-bond donors (Lipinski definition) is 1. The third-order valence-corrected chi connectivity index (χ3v) is 1.92. The van der Waals surface area contributed by atoms with E-state index < -0.39 is 17.7 Å². The van der Waals surface area contributed by atoms with Crippen LogP contribution in [0.15, 0.2) is 12.3 Å². The number of carboxylic acids is 1. The van der Waals surface area contributed by atoms with Crippen molar-refractivity contribution in [2.75, 3.05) is 0 Å². The minimum absolute atomic E-state index is 0.0369. The summed E-state index contributed by atoms with van der Waals surface area (Å²) in [6.07, 6.45) is 0.945. The summed E-state index contributed by atoms with van der Waals surface area (Å²) in [5, 5.41) is 8.67. The number of carboxylic acid groups (broad SMARTS) is 1. The van der Waals surface area contributed by atoms with Crippen LogP contribution in [0.3, 0.4) is 0 Å². The van der Waals surface area contributed by atoms with Gasteiger partial charge in [0.1, 0.15) is 5.82 Å². The lowest BCUT2D eigenvalue weighted by molar-refractivity contribution is -0.138. The number of aromatic nitrogens is 1. The van der Waals surface area contributed by atoms with Gasteiger partial charge in [-0.2, -0.15) is 0 Å². The molecule has 13 heavy (non-hydrogen) atoms. The van der Waals surface area contributed by atoms with Crippen molar-refractivity contribution in [1.29, 1.82) is 0 Å². The molecule has 0 amide bonds. The maximum atomic E-state index is 12.5. The van der Waals surface area contributed by atoms with Gasteiger partial charge in [-0.25, -0.2) is 4.39 Å². The zero-order valence-corrected chi connectivity index (χ0v) is 7.55. The number of pyridine rings is 1. The number of aliphatic carboxylic acids is 1. The van der Waals surface area contributed by atoms with Gasteiger partial charge in [0.2, 0.25) is 0 Å². The molecule has 1 atom stereocenters. The van der Waals surface area contributed by atoms with Crippen molar-refractivity contribution >= 4 is 17.6 Å². The van der Waals surface area contributed by atoms with Gasteiger partial charge in [0, 0.05) is 0 Å². The third-order valence-electron chi connectivity index (χ3n) is 1.62. The summed E-state index contributed by atoms with van der Waals surface area (Å²) < 4.78 is 12.5. The monoisotopic (exact) mass is 203 g/mol. The number of hydrogen-bond acceptors (Lipinski definition) is 2. The van der Waals surface area contributed by atoms with Crippen molar-refractivity contribution in [1.82, 2.24) is 4.98 Å². The van der Waals surface area contributed by atoms with Gasteiger partial charge < -0.3 is 5.11 Å². The molecule has 5 heteroatoms. The van der Waals surface area contributed by atoms with Gasteiger partial charge in [-0.05, 0) is 13.0 Å². The molecular formula is C8H7ClFNO2. The third kappa shape index (κ3) is 2.15. The first-order valence-corrected chi connectivity index (χ1v) is 3.94. The Bertz CT molecular complexity index is 343. The van der Waals surface area contributed by atoms with Gasteiger partial charge in [-0.3, -0.25) is 9.78 Å². The Labute approximate surface area is 79.2 Å². The first-order valence-electron chi connectivity index (χ1n) is 3.56. The zero-order chi connectivity index (χ0) is 10.0. The summed E-state index contributed by atoms with van der Waals surface area (Å²) in [5.41, 5.74) is 0.176. The molecule has 0 saturated heterocycles. The Kier molecular flexibility index (Phi) is 2.83. The molecule has 1 rings (SSSR count). The van der Waals surface area contributed by atoms with E-state index >= 15 is 0 Å². The highest BCUT2D eigenvalue weighted by Gasteiger charge is 2.18.